The van der Waals surface area contributed by atoms with Gasteiger partial charge in [0.1, 0.15) is 0 Å². The van der Waals surface area contributed by atoms with Gasteiger partial charge in [0, 0.05) is 17.1 Å². The monoisotopic (exact) mass is 240 g/mol. The van der Waals surface area contributed by atoms with Crippen molar-refractivity contribution in [2.75, 3.05) is 0 Å². The molecule has 0 saturated heterocycles. The van der Waals surface area contributed by atoms with Crippen molar-refractivity contribution in [1.29, 1.82) is 0 Å². The lowest BCUT2D eigenvalue weighted by Gasteiger charge is -1.96. The van der Waals surface area contributed by atoms with E-state index in [0.29, 0.717) is 0 Å². The van der Waals surface area contributed by atoms with Gasteiger partial charge >= 0.3 is 0 Å². The van der Waals surface area contributed by atoms with Gasteiger partial charge in [0.2, 0.25) is 0 Å². The number of imidazole rings is 1. The fraction of sp³-hybridized carbons (Fsp3) is 0.222. The minimum Gasteiger partial charge on any atom is -0.472 e. The van der Waals surface area contributed by atoms with Crippen molar-refractivity contribution in [3.8, 4) is 0 Å². The van der Waals surface area contributed by atoms with Crippen molar-refractivity contribution in [1.82, 2.24) is 9.55 Å². The lowest BCUT2D eigenvalue weighted by molar-refractivity contribution is 0.562. The Morgan fingerprint density at radius 2 is 2.46 bits per heavy atom. The number of rotatable bonds is 3. The average Bonchev–Trinajstić information content (AvgIpc) is 2.76. The van der Waals surface area contributed by atoms with Crippen LogP contribution in [0.3, 0.4) is 0 Å². The number of alkyl halides is 1. The van der Waals surface area contributed by atoms with Gasteiger partial charge in [-0.15, -0.1) is 0 Å². The second-order valence-corrected chi connectivity index (χ2v) is 3.36. The number of nitrogens with zero attached hydrogens (tertiary/aromatic N) is 2. The minimum atomic E-state index is 0.797. The van der Waals surface area contributed by atoms with E-state index in [2.05, 4.69) is 20.9 Å². The van der Waals surface area contributed by atoms with E-state index in [4.69, 9.17) is 4.42 Å². The Balaban J connectivity index is 2.10. The van der Waals surface area contributed by atoms with Crippen molar-refractivity contribution in [2.24, 2.45) is 0 Å². The standard InChI is InChI=1S/C9H9BrN2O/c10-3-9-5-12(7-11-9)4-8-1-2-13-6-8/h1-2,5-7H,3-4H2. The third-order valence-electron chi connectivity index (χ3n) is 1.77. The van der Waals surface area contributed by atoms with E-state index in [1.165, 1.54) is 0 Å². The van der Waals surface area contributed by atoms with Gasteiger partial charge in [0.05, 0.1) is 31.1 Å². The Hall–Kier alpha value is -1.03. The molecule has 2 rings (SSSR count). The molecule has 68 valence electrons. The largest absolute Gasteiger partial charge is 0.472 e. The highest BCUT2D eigenvalue weighted by Gasteiger charge is 1.98. The SMILES string of the molecule is BrCc1cn(Cc2ccoc2)cn1. The Kier molecular flexibility index (Phi) is 2.49. The van der Waals surface area contributed by atoms with Crippen LogP contribution in [0, 0.1) is 0 Å². The first-order valence-corrected chi connectivity index (χ1v) is 5.08. The van der Waals surface area contributed by atoms with Crippen molar-refractivity contribution < 1.29 is 4.42 Å². The summed E-state index contributed by atoms with van der Waals surface area (Å²) >= 11 is 3.35. The number of hydrogen-bond donors (Lipinski definition) is 0. The van der Waals surface area contributed by atoms with Crippen molar-refractivity contribution in [2.45, 2.75) is 11.9 Å². The zero-order valence-electron chi connectivity index (χ0n) is 6.98. The third-order valence-corrected chi connectivity index (χ3v) is 2.34. The molecule has 0 aliphatic heterocycles. The van der Waals surface area contributed by atoms with Crippen LogP contribution in [0.1, 0.15) is 11.3 Å². The molecule has 0 aliphatic carbocycles. The van der Waals surface area contributed by atoms with Crippen LogP contribution in [0.4, 0.5) is 0 Å². The minimum absolute atomic E-state index is 0.797. The summed E-state index contributed by atoms with van der Waals surface area (Å²) in [5, 5.41) is 0.797. The highest BCUT2D eigenvalue weighted by atomic mass is 79.9. The summed E-state index contributed by atoms with van der Waals surface area (Å²) in [5.74, 6) is 0. The quantitative estimate of drug-likeness (QED) is 0.772. The molecule has 4 heteroatoms. The molecule has 0 spiro atoms. The predicted octanol–water partition coefficient (Wildman–Crippen LogP) is 2.42. The Bertz CT molecular complexity index is 367. The van der Waals surface area contributed by atoms with Crippen LogP contribution in [-0.2, 0) is 11.9 Å². The summed E-state index contributed by atoms with van der Waals surface area (Å²) in [5.41, 5.74) is 2.20. The smallest absolute Gasteiger partial charge is 0.0952 e. The highest BCUT2D eigenvalue weighted by molar-refractivity contribution is 9.08. The zero-order chi connectivity index (χ0) is 9.10. The molecule has 0 unspecified atom stereocenters. The van der Waals surface area contributed by atoms with E-state index < -0.39 is 0 Å². The predicted molar refractivity (Wildman–Crippen MR) is 52.7 cm³/mol. The molecule has 0 atom stereocenters. The summed E-state index contributed by atoms with van der Waals surface area (Å²) in [6.45, 7) is 0.816. The summed E-state index contributed by atoms with van der Waals surface area (Å²) in [6, 6.07) is 1.95. The van der Waals surface area contributed by atoms with Gasteiger partial charge in [-0.05, 0) is 6.07 Å². The molecule has 0 aromatic carbocycles. The lowest BCUT2D eigenvalue weighted by Crippen LogP contribution is -1.93. The molecule has 0 fully saturated rings. The molecule has 3 nitrogen and oxygen atoms in total. The van der Waals surface area contributed by atoms with Gasteiger partial charge in [-0.25, -0.2) is 4.98 Å². The second-order valence-electron chi connectivity index (χ2n) is 2.80. The van der Waals surface area contributed by atoms with E-state index in [9.17, 15) is 0 Å². The van der Waals surface area contributed by atoms with Crippen molar-refractivity contribution in [3.63, 3.8) is 0 Å². The van der Waals surface area contributed by atoms with Gasteiger partial charge in [-0.1, -0.05) is 15.9 Å². The maximum absolute atomic E-state index is 4.98. The summed E-state index contributed by atoms with van der Waals surface area (Å²) < 4.78 is 7.01. The first-order chi connectivity index (χ1) is 6.38. The van der Waals surface area contributed by atoms with E-state index in [-0.39, 0.29) is 0 Å². The molecule has 0 saturated carbocycles. The van der Waals surface area contributed by atoms with Crippen molar-refractivity contribution in [3.05, 3.63) is 42.4 Å². The molecule has 0 amide bonds. The molecule has 2 aromatic rings. The highest BCUT2D eigenvalue weighted by Crippen LogP contribution is 2.06. The van der Waals surface area contributed by atoms with Crippen LogP contribution in [0.5, 0.6) is 0 Å². The summed E-state index contributed by atoms with van der Waals surface area (Å²) in [6.07, 6.45) is 7.26. The topological polar surface area (TPSA) is 31.0 Å². The van der Waals surface area contributed by atoms with Gasteiger partial charge in [-0.3, -0.25) is 0 Å². The van der Waals surface area contributed by atoms with Crippen LogP contribution < -0.4 is 0 Å². The van der Waals surface area contributed by atoms with Gasteiger partial charge < -0.3 is 8.98 Å². The van der Waals surface area contributed by atoms with Crippen LogP contribution in [0.15, 0.2) is 35.5 Å². The maximum Gasteiger partial charge on any atom is 0.0952 e. The van der Waals surface area contributed by atoms with Gasteiger partial charge in [0.25, 0.3) is 0 Å². The van der Waals surface area contributed by atoms with Crippen LogP contribution in [0.25, 0.3) is 0 Å². The second kappa shape index (κ2) is 3.79. The number of aromatic nitrogens is 2. The van der Waals surface area contributed by atoms with Crippen molar-refractivity contribution >= 4 is 15.9 Å². The Morgan fingerprint density at radius 3 is 3.08 bits per heavy atom. The van der Waals surface area contributed by atoms with Crippen LogP contribution in [-0.4, -0.2) is 9.55 Å². The number of halogens is 1. The van der Waals surface area contributed by atoms with E-state index in [1.54, 1.807) is 12.5 Å². The maximum atomic E-state index is 4.98. The fourth-order valence-corrected chi connectivity index (χ4v) is 1.44. The first-order valence-electron chi connectivity index (χ1n) is 3.96. The first kappa shape index (κ1) is 8.56. The van der Waals surface area contributed by atoms with Gasteiger partial charge in [0.15, 0.2) is 0 Å². The molecule has 0 bridgehead atoms. The van der Waals surface area contributed by atoms with E-state index in [0.717, 1.165) is 23.1 Å². The number of hydrogen-bond acceptors (Lipinski definition) is 2. The van der Waals surface area contributed by atoms with E-state index in [1.807, 2.05) is 23.2 Å². The number of furan rings is 1. The summed E-state index contributed by atoms with van der Waals surface area (Å²) in [4.78, 5) is 4.20. The van der Waals surface area contributed by atoms with Gasteiger partial charge in [-0.2, -0.15) is 0 Å². The lowest BCUT2D eigenvalue weighted by atomic mass is 10.3. The average molecular weight is 241 g/mol. The molecule has 0 N–H and O–H groups in total. The molecule has 2 heterocycles. The molecular weight excluding hydrogens is 232 g/mol. The molecule has 13 heavy (non-hydrogen) atoms. The third kappa shape index (κ3) is 2.01. The molecule has 0 radical (unpaired) electrons. The van der Waals surface area contributed by atoms with Crippen LogP contribution >= 0.6 is 15.9 Å². The normalized spacial score (nSPS) is 10.5. The fourth-order valence-electron chi connectivity index (χ4n) is 1.16. The van der Waals surface area contributed by atoms with E-state index >= 15 is 0 Å². The molecule has 2 aromatic heterocycles. The Morgan fingerprint density at radius 1 is 1.54 bits per heavy atom. The Labute approximate surface area is 84.5 Å². The van der Waals surface area contributed by atoms with Crippen LogP contribution in [0.2, 0.25) is 0 Å². The molecule has 0 aliphatic rings. The molecular formula is C9H9BrN2O. The zero-order valence-corrected chi connectivity index (χ0v) is 8.57. The summed E-state index contributed by atoms with van der Waals surface area (Å²) in [7, 11) is 0.